The predicted molar refractivity (Wildman–Crippen MR) is 133 cm³/mol. The first-order valence-electron chi connectivity index (χ1n) is 11.7. The van der Waals surface area contributed by atoms with Crippen molar-refractivity contribution >= 4 is 46.9 Å². The van der Waals surface area contributed by atoms with Crippen LogP contribution in [0.3, 0.4) is 0 Å². The van der Waals surface area contributed by atoms with Gasteiger partial charge in [-0.1, -0.05) is 18.5 Å². The number of carbonyl (C=O) groups is 3. The third-order valence-corrected chi connectivity index (χ3v) is 7.55. The van der Waals surface area contributed by atoms with Crippen LogP contribution in [-0.2, 0) is 14.3 Å². The zero-order chi connectivity index (χ0) is 25.5. The summed E-state index contributed by atoms with van der Waals surface area (Å²) in [6.07, 6.45) is 4.69. The van der Waals surface area contributed by atoms with Gasteiger partial charge in [0, 0.05) is 29.8 Å². The van der Waals surface area contributed by atoms with Crippen molar-refractivity contribution in [1.82, 2.24) is 10.2 Å². The molecule has 2 unspecified atom stereocenters. The van der Waals surface area contributed by atoms with E-state index >= 15 is 0 Å². The van der Waals surface area contributed by atoms with Crippen LogP contribution in [0.25, 0.3) is 0 Å². The van der Waals surface area contributed by atoms with Gasteiger partial charge in [-0.15, -0.1) is 0 Å². The normalized spacial score (nSPS) is 17.9. The molecule has 0 spiro atoms. The highest BCUT2D eigenvalue weighted by atomic mass is 31.0. The molecular weight excluding hydrogens is 500 g/mol. The molecule has 2 fully saturated rings. The number of carboxylic acid groups (broad SMARTS) is 1. The highest BCUT2D eigenvalue weighted by Gasteiger charge is 2.29. The molecule has 2 N–H and O–H groups in total. The Morgan fingerprint density at radius 3 is 2.26 bits per heavy atom. The number of aliphatic carboxylic acids is 1. The molecule has 35 heavy (non-hydrogen) atoms. The average Bonchev–Trinajstić information content (AvgIpc) is 3.33. The smallest absolute Gasteiger partial charge is 0.410 e. The number of halogens is 2. The van der Waals surface area contributed by atoms with Gasteiger partial charge >= 0.3 is 12.1 Å². The van der Waals surface area contributed by atoms with E-state index in [2.05, 4.69) is 23.8 Å². The van der Waals surface area contributed by atoms with Crippen molar-refractivity contribution in [2.24, 2.45) is 5.92 Å². The third-order valence-electron chi connectivity index (χ3n) is 6.48. The van der Waals surface area contributed by atoms with Gasteiger partial charge < -0.3 is 24.8 Å². The zero-order valence-electron chi connectivity index (χ0n) is 19.4. The molecule has 1 heterocycles. The number of benzene rings is 1. The van der Waals surface area contributed by atoms with Gasteiger partial charge in [0.25, 0.3) is 0 Å². The summed E-state index contributed by atoms with van der Waals surface area (Å²) in [6, 6.07) is -0.300. The van der Waals surface area contributed by atoms with E-state index in [0.717, 1.165) is 25.7 Å². The molecule has 1 aromatic carbocycles. The minimum atomic E-state index is -1.16. The Bertz CT molecular complexity index is 911. The van der Waals surface area contributed by atoms with Gasteiger partial charge in [-0.3, -0.25) is 9.59 Å². The first kappa shape index (κ1) is 27.7. The van der Waals surface area contributed by atoms with Crippen molar-refractivity contribution in [2.45, 2.75) is 57.1 Å². The summed E-state index contributed by atoms with van der Waals surface area (Å²) in [6.45, 7) is 0.935. The lowest BCUT2D eigenvalue weighted by molar-refractivity contribution is -0.139. The molecule has 3 atom stereocenters. The van der Waals surface area contributed by atoms with E-state index in [1.165, 1.54) is 0 Å². The molecule has 1 saturated heterocycles. The molecule has 0 radical (unpaired) electrons. The molecule has 1 saturated carbocycles. The molecule has 3 rings (SSSR count). The number of piperidine rings is 1. The molecule has 0 bridgehead atoms. The van der Waals surface area contributed by atoms with Crippen LogP contribution in [0.5, 0.6) is 5.75 Å². The van der Waals surface area contributed by atoms with E-state index < -0.39 is 42.5 Å². The highest BCUT2D eigenvalue weighted by Crippen LogP contribution is 2.24. The van der Waals surface area contributed by atoms with Crippen molar-refractivity contribution in [3.05, 3.63) is 17.7 Å². The number of amides is 1. The second-order valence-electron chi connectivity index (χ2n) is 9.03. The summed E-state index contributed by atoms with van der Waals surface area (Å²) in [5, 5.41) is 12.2. The summed E-state index contributed by atoms with van der Waals surface area (Å²) >= 11 is 0. The Labute approximate surface area is 207 Å². The van der Waals surface area contributed by atoms with Gasteiger partial charge in [-0.25, -0.2) is 13.6 Å². The van der Waals surface area contributed by atoms with Crippen LogP contribution >= 0.6 is 18.5 Å². The number of carbonyl (C=O) groups excluding carboxylic acids is 2. The number of nitrogens with one attached hydrogen (secondary N) is 1. The average molecular weight is 532 g/mol. The maximum atomic E-state index is 13.8. The largest absolute Gasteiger partial charge is 0.484 e. The fourth-order valence-electron chi connectivity index (χ4n) is 4.35. The Balaban J connectivity index is 1.49. The lowest BCUT2D eigenvalue weighted by Crippen LogP contribution is -2.46. The number of rotatable bonds is 10. The summed E-state index contributed by atoms with van der Waals surface area (Å²) in [7, 11) is 4.21. The molecule has 2 aliphatic rings. The SMILES string of the molecule is O=C(O)C[C@H](NCC1CCN(C(=O)OC2CCCC2)CC1)C(=O)COc1c(P)c(F)cc(F)c1P. The number of carboxylic acids is 1. The second kappa shape index (κ2) is 12.9. The van der Waals surface area contributed by atoms with Crippen molar-refractivity contribution in [3.8, 4) is 5.75 Å². The highest BCUT2D eigenvalue weighted by molar-refractivity contribution is 7.30. The summed E-state index contributed by atoms with van der Waals surface area (Å²) < 4.78 is 38.6. The van der Waals surface area contributed by atoms with Gasteiger partial charge in [0.05, 0.1) is 12.5 Å². The summed E-state index contributed by atoms with van der Waals surface area (Å²) in [4.78, 5) is 38.0. The number of hydrogen-bond donors (Lipinski definition) is 2. The van der Waals surface area contributed by atoms with Crippen LogP contribution in [-0.4, -0.2) is 66.2 Å². The lowest BCUT2D eigenvalue weighted by atomic mass is 9.96. The fraction of sp³-hybridized carbons (Fsp3) is 0.609. The standard InChI is InChI=1S/C23H32F2N2O6P2/c24-15-9-16(25)22(35)20(21(15)34)32-12-18(28)17(10-19(29)30)26-11-13-5-7-27(8-6-13)23(31)33-14-3-1-2-4-14/h9,13-14,17,26H,1-8,10-12,34-35H2,(H,29,30)/t17-/m0/s1. The van der Waals surface area contributed by atoms with Crippen LogP contribution in [0.1, 0.15) is 44.9 Å². The maximum absolute atomic E-state index is 13.8. The Kier molecular flexibility index (Phi) is 10.2. The Morgan fingerprint density at radius 2 is 1.69 bits per heavy atom. The predicted octanol–water partition coefficient (Wildman–Crippen LogP) is 2.14. The fourth-order valence-corrected chi connectivity index (χ4v) is 5.17. The van der Waals surface area contributed by atoms with Gasteiger partial charge in [0.1, 0.15) is 30.1 Å². The molecule has 1 amide bonds. The Hall–Kier alpha value is -1.89. The van der Waals surface area contributed by atoms with Crippen LogP contribution in [0.4, 0.5) is 13.6 Å². The molecule has 194 valence electrons. The molecular formula is C23H32F2N2O6P2. The molecule has 0 aromatic heterocycles. The molecule has 1 aliphatic carbocycles. The van der Waals surface area contributed by atoms with Crippen molar-refractivity contribution in [2.75, 3.05) is 26.2 Å². The van der Waals surface area contributed by atoms with Crippen LogP contribution in [0.15, 0.2) is 6.07 Å². The minimum absolute atomic E-state index is 0.0144. The number of ketones is 1. The summed E-state index contributed by atoms with van der Waals surface area (Å²) in [5.41, 5.74) is 0. The zero-order valence-corrected chi connectivity index (χ0v) is 21.7. The number of hydrogen-bond acceptors (Lipinski definition) is 6. The monoisotopic (exact) mass is 532 g/mol. The minimum Gasteiger partial charge on any atom is -0.484 e. The van der Waals surface area contributed by atoms with Crippen LogP contribution in [0.2, 0.25) is 0 Å². The molecule has 1 aromatic rings. The topological polar surface area (TPSA) is 105 Å². The lowest BCUT2D eigenvalue weighted by Gasteiger charge is -2.32. The van der Waals surface area contributed by atoms with Crippen molar-refractivity contribution < 1.29 is 37.7 Å². The first-order valence-corrected chi connectivity index (χ1v) is 12.9. The Morgan fingerprint density at radius 1 is 1.09 bits per heavy atom. The van der Waals surface area contributed by atoms with Crippen LogP contribution < -0.4 is 20.7 Å². The van der Waals surface area contributed by atoms with Gasteiger partial charge in [-0.2, -0.15) is 0 Å². The third kappa shape index (κ3) is 7.80. The summed E-state index contributed by atoms with van der Waals surface area (Å²) in [5.74, 6) is -3.33. The maximum Gasteiger partial charge on any atom is 0.410 e. The van der Waals surface area contributed by atoms with Crippen molar-refractivity contribution in [3.63, 3.8) is 0 Å². The van der Waals surface area contributed by atoms with Gasteiger partial charge in [0.15, 0.2) is 5.78 Å². The van der Waals surface area contributed by atoms with E-state index in [4.69, 9.17) is 9.47 Å². The van der Waals surface area contributed by atoms with Crippen molar-refractivity contribution in [1.29, 1.82) is 0 Å². The number of nitrogens with zero attached hydrogens (tertiary/aromatic N) is 1. The molecule has 1 aliphatic heterocycles. The quantitative estimate of drug-likeness (QED) is 0.445. The number of ether oxygens (including phenoxy) is 2. The van der Waals surface area contributed by atoms with Gasteiger partial charge in [-0.05, 0) is 51.0 Å². The molecule has 12 heteroatoms. The van der Waals surface area contributed by atoms with E-state index in [1.54, 1.807) is 4.90 Å². The van der Waals surface area contributed by atoms with Gasteiger partial charge in [0.2, 0.25) is 0 Å². The van der Waals surface area contributed by atoms with E-state index in [9.17, 15) is 28.3 Å². The first-order chi connectivity index (χ1) is 16.7. The molecule has 8 nitrogen and oxygen atoms in total. The number of Topliss-reactive ketones (excluding diaryl/α,β-unsaturated/α-hetero) is 1. The van der Waals surface area contributed by atoms with E-state index in [0.29, 0.717) is 38.5 Å². The second-order valence-corrected chi connectivity index (χ2v) is 10.2. The van der Waals surface area contributed by atoms with E-state index in [1.807, 2.05) is 0 Å². The number of likely N-dealkylation sites (tertiary alicyclic amines) is 1. The van der Waals surface area contributed by atoms with Crippen LogP contribution in [0, 0.1) is 17.6 Å². The van der Waals surface area contributed by atoms with E-state index in [-0.39, 0.29) is 34.5 Å².